The minimum absolute atomic E-state index is 0.218. The minimum atomic E-state index is 0.218. The fourth-order valence-electron chi connectivity index (χ4n) is 1.83. The summed E-state index contributed by atoms with van der Waals surface area (Å²) in [5, 5.41) is 0. The first kappa shape index (κ1) is 12.7. The van der Waals surface area contributed by atoms with Gasteiger partial charge in [-0.25, -0.2) is 0 Å². The van der Waals surface area contributed by atoms with Gasteiger partial charge in [-0.3, -0.25) is 11.3 Å². The Hall–Kier alpha value is -0.380. The Kier molecular flexibility index (Phi) is 4.32. The van der Waals surface area contributed by atoms with Crippen molar-refractivity contribution in [1.29, 1.82) is 0 Å². The van der Waals surface area contributed by atoms with Crippen molar-refractivity contribution < 1.29 is 0 Å². The summed E-state index contributed by atoms with van der Waals surface area (Å²) in [4.78, 5) is 0. The quantitative estimate of drug-likeness (QED) is 0.654. The van der Waals surface area contributed by atoms with Crippen LogP contribution in [0.25, 0.3) is 0 Å². The predicted molar refractivity (Wildman–Crippen MR) is 68.5 cm³/mol. The first-order valence-corrected chi connectivity index (χ1v) is 5.99. The number of hydrogen-bond acceptors (Lipinski definition) is 2. The molecular weight excluding hydrogens is 252 g/mol. The number of rotatable bonds is 3. The first-order valence-electron chi connectivity index (χ1n) is 5.20. The summed E-state index contributed by atoms with van der Waals surface area (Å²) in [5.41, 5.74) is 6.64. The molecule has 0 bridgehead atoms. The number of nitrogens with one attached hydrogen (secondary N) is 1. The lowest BCUT2D eigenvalue weighted by molar-refractivity contribution is 0.421. The van der Waals surface area contributed by atoms with Crippen LogP contribution < -0.4 is 11.3 Å². The maximum atomic E-state index is 5.58. The summed E-state index contributed by atoms with van der Waals surface area (Å²) in [6, 6.07) is 4.58. The molecule has 1 aromatic rings. The molecular formula is C12H19BrN2. The van der Waals surface area contributed by atoms with Crippen molar-refractivity contribution in [3.63, 3.8) is 0 Å². The van der Waals surface area contributed by atoms with Gasteiger partial charge in [0.15, 0.2) is 0 Å². The molecule has 1 unspecified atom stereocenters. The van der Waals surface area contributed by atoms with E-state index in [4.69, 9.17) is 5.84 Å². The minimum Gasteiger partial charge on any atom is -0.271 e. The van der Waals surface area contributed by atoms with Gasteiger partial charge in [0.05, 0.1) is 0 Å². The normalized spacial score (nSPS) is 13.3. The lowest BCUT2D eigenvalue weighted by atomic mass is 9.94. The highest BCUT2D eigenvalue weighted by molar-refractivity contribution is 9.10. The van der Waals surface area contributed by atoms with Crippen molar-refractivity contribution in [2.24, 2.45) is 11.8 Å². The Morgan fingerprint density at radius 1 is 1.20 bits per heavy atom. The van der Waals surface area contributed by atoms with Crippen molar-refractivity contribution in [2.75, 3.05) is 0 Å². The van der Waals surface area contributed by atoms with Crippen LogP contribution in [0.4, 0.5) is 0 Å². The Bertz CT molecular complexity index is 324. The van der Waals surface area contributed by atoms with E-state index in [1.807, 2.05) is 0 Å². The second-order valence-electron chi connectivity index (χ2n) is 4.36. The number of halogens is 1. The molecule has 84 valence electrons. The average molecular weight is 271 g/mol. The van der Waals surface area contributed by atoms with Crippen LogP contribution in [0.15, 0.2) is 16.6 Å². The van der Waals surface area contributed by atoms with Crippen molar-refractivity contribution in [3.8, 4) is 0 Å². The zero-order valence-corrected chi connectivity index (χ0v) is 11.4. The van der Waals surface area contributed by atoms with Gasteiger partial charge in [-0.05, 0) is 36.5 Å². The standard InChI is InChI=1S/C12H19BrN2/c1-7(2)12(15-14)10-5-8(3)11(13)9(4)6-10/h5-7,12,15H,14H2,1-4H3. The van der Waals surface area contributed by atoms with E-state index in [0.29, 0.717) is 5.92 Å². The second-order valence-corrected chi connectivity index (χ2v) is 5.15. The van der Waals surface area contributed by atoms with Crippen LogP contribution >= 0.6 is 15.9 Å². The van der Waals surface area contributed by atoms with E-state index in [0.717, 1.165) is 0 Å². The summed E-state index contributed by atoms with van der Waals surface area (Å²) in [7, 11) is 0. The molecule has 0 aliphatic carbocycles. The van der Waals surface area contributed by atoms with E-state index in [2.05, 4.69) is 61.2 Å². The molecule has 1 aromatic carbocycles. The lowest BCUT2D eigenvalue weighted by Gasteiger charge is -2.21. The monoisotopic (exact) mass is 270 g/mol. The van der Waals surface area contributed by atoms with Gasteiger partial charge in [-0.15, -0.1) is 0 Å². The summed E-state index contributed by atoms with van der Waals surface area (Å²) < 4.78 is 1.19. The van der Waals surface area contributed by atoms with Gasteiger partial charge in [-0.2, -0.15) is 0 Å². The maximum Gasteiger partial charge on any atom is 0.0483 e. The molecule has 2 nitrogen and oxygen atoms in total. The van der Waals surface area contributed by atoms with Crippen LogP contribution in [0.3, 0.4) is 0 Å². The highest BCUT2D eigenvalue weighted by atomic mass is 79.9. The molecule has 3 N–H and O–H groups in total. The molecule has 0 saturated heterocycles. The van der Waals surface area contributed by atoms with Crippen molar-refractivity contribution in [1.82, 2.24) is 5.43 Å². The number of hydrazine groups is 1. The fourth-order valence-corrected chi connectivity index (χ4v) is 2.06. The fraction of sp³-hybridized carbons (Fsp3) is 0.500. The predicted octanol–water partition coefficient (Wildman–Crippen LogP) is 3.23. The van der Waals surface area contributed by atoms with Gasteiger partial charge in [0.1, 0.15) is 0 Å². The van der Waals surface area contributed by atoms with Crippen molar-refractivity contribution >= 4 is 15.9 Å². The van der Waals surface area contributed by atoms with Gasteiger partial charge in [-0.1, -0.05) is 41.9 Å². The maximum absolute atomic E-state index is 5.58. The summed E-state index contributed by atoms with van der Waals surface area (Å²) >= 11 is 3.57. The molecule has 0 aliphatic rings. The van der Waals surface area contributed by atoms with E-state index < -0.39 is 0 Å². The smallest absolute Gasteiger partial charge is 0.0483 e. The van der Waals surface area contributed by atoms with Gasteiger partial charge in [0.25, 0.3) is 0 Å². The molecule has 15 heavy (non-hydrogen) atoms. The Balaban J connectivity index is 3.14. The average Bonchev–Trinajstić information content (AvgIpc) is 2.14. The Morgan fingerprint density at radius 3 is 2.00 bits per heavy atom. The number of nitrogens with two attached hydrogens (primary N) is 1. The molecule has 1 atom stereocenters. The largest absolute Gasteiger partial charge is 0.271 e. The summed E-state index contributed by atoms with van der Waals surface area (Å²) in [6.07, 6.45) is 0. The Morgan fingerprint density at radius 2 is 1.67 bits per heavy atom. The molecule has 1 rings (SSSR count). The first-order chi connectivity index (χ1) is 6.97. The third-order valence-corrected chi connectivity index (χ3v) is 3.91. The second kappa shape index (κ2) is 5.10. The molecule has 0 amide bonds. The topological polar surface area (TPSA) is 38.0 Å². The van der Waals surface area contributed by atoms with Gasteiger partial charge < -0.3 is 0 Å². The van der Waals surface area contributed by atoms with Crippen LogP contribution in [-0.2, 0) is 0 Å². The number of benzene rings is 1. The summed E-state index contributed by atoms with van der Waals surface area (Å²) in [6.45, 7) is 8.54. The molecule has 3 heteroatoms. The number of hydrogen-bond donors (Lipinski definition) is 2. The van der Waals surface area contributed by atoms with Gasteiger partial charge in [0.2, 0.25) is 0 Å². The van der Waals surface area contributed by atoms with Crippen molar-refractivity contribution in [2.45, 2.75) is 33.7 Å². The molecule has 0 aliphatic heterocycles. The highest BCUT2D eigenvalue weighted by Gasteiger charge is 2.15. The van der Waals surface area contributed by atoms with Crippen LogP contribution in [-0.4, -0.2) is 0 Å². The van der Waals surface area contributed by atoms with E-state index in [1.54, 1.807) is 0 Å². The molecule has 0 heterocycles. The number of aryl methyl sites for hydroxylation is 2. The molecule has 0 radical (unpaired) electrons. The van der Waals surface area contributed by atoms with Gasteiger partial charge in [0, 0.05) is 10.5 Å². The SMILES string of the molecule is Cc1cc(C(NN)C(C)C)cc(C)c1Br. The van der Waals surface area contributed by atoms with E-state index >= 15 is 0 Å². The molecule has 0 fully saturated rings. The van der Waals surface area contributed by atoms with Crippen LogP contribution in [0.1, 0.15) is 36.6 Å². The molecule has 0 saturated carbocycles. The lowest BCUT2D eigenvalue weighted by Crippen LogP contribution is -2.31. The summed E-state index contributed by atoms with van der Waals surface area (Å²) in [5.74, 6) is 6.06. The Labute approximate surface area is 100 Å². The zero-order chi connectivity index (χ0) is 11.6. The zero-order valence-electron chi connectivity index (χ0n) is 9.76. The molecule has 0 aromatic heterocycles. The van der Waals surface area contributed by atoms with Crippen LogP contribution in [0, 0.1) is 19.8 Å². The molecule has 0 spiro atoms. The van der Waals surface area contributed by atoms with Crippen LogP contribution in [0.5, 0.6) is 0 Å². The van der Waals surface area contributed by atoms with Crippen LogP contribution in [0.2, 0.25) is 0 Å². The van der Waals surface area contributed by atoms with Gasteiger partial charge >= 0.3 is 0 Å². The van der Waals surface area contributed by atoms with Crippen molar-refractivity contribution in [3.05, 3.63) is 33.3 Å². The van der Waals surface area contributed by atoms with E-state index in [9.17, 15) is 0 Å². The third-order valence-electron chi connectivity index (χ3n) is 2.66. The van der Waals surface area contributed by atoms with E-state index in [1.165, 1.54) is 21.2 Å². The third kappa shape index (κ3) is 2.80. The highest BCUT2D eigenvalue weighted by Crippen LogP contribution is 2.28. The van der Waals surface area contributed by atoms with E-state index in [-0.39, 0.29) is 6.04 Å².